The Morgan fingerprint density at radius 2 is 0.413 bits per heavy atom. The Morgan fingerprint density at radius 3 is 0.669 bits per heavy atom. The van der Waals surface area contributed by atoms with E-state index < -0.39 is 91.5 Å². The van der Waals surface area contributed by atoms with Crippen LogP contribution in [0.15, 0.2) is 219 Å². The van der Waals surface area contributed by atoms with E-state index in [2.05, 4.69) is 240 Å². The summed E-state index contributed by atoms with van der Waals surface area (Å²) in [6, 6.07) is 0. The third-order valence-corrected chi connectivity index (χ3v) is 21.1. The average molecular weight is 1720 g/mol. The number of hydrogen-bond acceptors (Lipinski definition) is 14. The van der Waals surface area contributed by atoms with Gasteiger partial charge in [0, 0.05) is 19.3 Å². The van der Waals surface area contributed by atoms with Crippen molar-refractivity contribution in [3.05, 3.63) is 219 Å². The van der Waals surface area contributed by atoms with E-state index in [0.29, 0.717) is 25.7 Å². The Kier molecular flexibility index (Phi) is 88.3. The van der Waals surface area contributed by atoms with Gasteiger partial charge in [-0.1, -0.05) is 381 Å². The second-order valence-corrected chi connectivity index (χ2v) is 33.6. The maximum Gasteiger partial charge on any atom is 0.472 e. The summed E-state index contributed by atoms with van der Waals surface area (Å²) < 4.78 is 61.5. The van der Waals surface area contributed by atoms with E-state index >= 15 is 0 Å². The van der Waals surface area contributed by atoms with Crippen LogP contribution in [0, 0.1) is 0 Å². The molecule has 4 N–H and O–H groups in total. The van der Waals surface area contributed by atoms with Crippen molar-refractivity contribution in [2.45, 2.75) is 373 Å². The third kappa shape index (κ3) is 94.4. The van der Waals surface area contributed by atoms with Gasteiger partial charge in [0.25, 0.3) is 0 Å². The van der Waals surface area contributed by atoms with Crippen LogP contribution in [0.25, 0.3) is 0 Å². The van der Waals surface area contributed by atoms with Crippen LogP contribution in [0.1, 0.15) is 355 Å². The minimum absolute atomic E-state index is 0.0419. The standard InChI is InChI=1S/C103H168O16P2/c1-4-7-10-13-16-19-22-25-28-31-34-37-39-41-43-45-47-48-50-52-53-55-57-60-62-65-68-71-74-77-80-83-86-89-101(106)113-92-98(104)93-115-120(109,110)116-94-99(105)95-117-121(111,112)118-97-100(119-103(108)91-88-85-82-79-76-73-70-67-64-59-36-33-30-27-24-21-18-15-12-9-6-3)96-114-102(107)90-87-84-81-78-75-72-69-66-63-61-58-56-54-51-49-46-44-42-40-38-35-32-29-26-23-20-17-14-11-8-5-2/h7-12,16-21,25-30,34-38,41-44,47-49,51,59,67,70,76,79,98-100,104-105H,4-6,13-15,22-24,31-33,39-40,45-46,50,52-58,60-66,68-69,71-75,77-78,80-97H2,1-3H3,(H,109,110)(H,111,112)/b10-7-,11-8-,12-9-,19-16-,20-17-,21-18-,28-25-,29-26-,30-27-,37-34-,38-35-,43-41-,44-42-,48-47-,51-49-,59-36-,70-67-,79-76-. The Bertz CT molecular complexity index is 3080. The molecule has 0 aliphatic rings. The molecule has 0 aromatic carbocycles. The van der Waals surface area contributed by atoms with Crippen LogP contribution in [0.4, 0.5) is 0 Å². The van der Waals surface area contributed by atoms with Crippen LogP contribution < -0.4 is 0 Å². The lowest BCUT2D eigenvalue weighted by Gasteiger charge is -2.21. The molecular weight excluding hydrogens is 1560 g/mol. The van der Waals surface area contributed by atoms with Crippen LogP contribution in [0.5, 0.6) is 0 Å². The van der Waals surface area contributed by atoms with Gasteiger partial charge in [0.15, 0.2) is 6.10 Å². The molecule has 0 spiro atoms. The maximum absolute atomic E-state index is 13.1. The Balaban J connectivity index is 4.62. The lowest BCUT2D eigenvalue weighted by molar-refractivity contribution is -0.161. The molecule has 0 rings (SSSR count). The zero-order chi connectivity index (χ0) is 87.9. The van der Waals surface area contributed by atoms with Crippen molar-refractivity contribution < 1.29 is 75.8 Å². The fraction of sp³-hybridized carbons (Fsp3) is 0.621. The van der Waals surface area contributed by atoms with Crippen molar-refractivity contribution in [1.29, 1.82) is 0 Å². The molecule has 0 bridgehead atoms. The number of ether oxygens (including phenoxy) is 3. The highest BCUT2D eigenvalue weighted by molar-refractivity contribution is 7.47. The van der Waals surface area contributed by atoms with Crippen LogP contribution >= 0.6 is 15.6 Å². The molecule has 0 saturated heterocycles. The number of esters is 3. The number of rotatable bonds is 87. The number of phosphoric ester groups is 2. The largest absolute Gasteiger partial charge is 0.472 e. The van der Waals surface area contributed by atoms with Gasteiger partial charge in [-0.2, -0.15) is 0 Å². The number of unbranched alkanes of at least 4 members (excludes halogenated alkanes) is 28. The van der Waals surface area contributed by atoms with Gasteiger partial charge in [-0.05, 0) is 173 Å². The first-order valence-corrected chi connectivity index (χ1v) is 50.0. The lowest BCUT2D eigenvalue weighted by Crippen LogP contribution is -2.30. The van der Waals surface area contributed by atoms with Gasteiger partial charge in [0.1, 0.15) is 25.4 Å². The maximum atomic E-state index is 13.1. The summed E-state index contributed by atoms with van der Waals surface area (Å²) in [4.78, 5) is 59.0. The molecule has 0 heterocycles. The summed E-state index contributed by atoms with van der Waals surface area (Å²) in [7, 11) is -9.84. The molecular formula is C103H168O16P2. The minimum atomic E-state index is -4.96. The number of aliphatic hydroxyl groups is 2. The quantitative estimate of drug-likeness (QED) is 0.0146. The summed E-state index contributed by atoms with van der Waals surface area (Å²) in [5.41, 5.74) is 0. The highest BCUT2D eigenvalue weighted by atomic mass is 31.2. The lowest BCUT2D eigenvalue weighted by atomic mass is 10.0. The predicted molar refractivity (Wildman–Crippen MR) is 509 cm³/mol. The normalized spacial score (nSPS) is 14.7. The van der Waals surface area contributed by atoms with E-state index in [1.165, 1.54) is 109 Å². The minimum Gasteiger partial charge on any atom is -0.463 e. The predicted octanol–water partition coefficient (Wildman–Crippen LogP) is 29.3. The monoisotopic (exact) mass is 1720 g/mol. The molecule has 16 nitrogen and oxygen atoms in total. The van der Waals surface area contributed by atoms with Gasteiger partial charge in [-0.25, -0.2) is 9.13 Å². The van der Waals surface area contributed by atoms with Crippen LogP contribution in [-0.4, -0.2) is 95.9 Å². The summed E-state index contributed by atoms with van der Waals surface area (Å²) in [5.74, 6) is -1.63. The number of aliphatic hydroxyl groups excluding tert-OH is 2. The van der Waals surface area contributed by atoms with Gasteiger partial charge in [0.2, 0.25) is 0 Å². The van der Waals surface area contributed by atoms with Gasteiger partial charge < -0.3 is 34.2 Å². The first-order valence-electron chi connectivity index (χ1n) is 47.0. The molecule has 0 fully saturated rings. The zero-order valence-electron chi connectivity index (χ0n) is 75.6. The van der Waals surface area contributed by atoms with E-state index in [1.54, 1.807) is 0 Å². The molecule has 0 amide bonds. The summed E-state index contributed by atoms with van der Waals surface area (Å²) in [6.45, 7) is 2.30. The topological polar surface area (TPSA) is 231 Å². The summed E-state index contributed by atoms with van der Waals surface area (Å²) >= 11 is 0. The van der Waals surface area contributed by atoms with Crippen molar-refractivity contribution in [1.82, 2.24) is 0 Å². The molecule has 0 aliphatic carbocycles. The molecule has 0 aromatic heterocycles. The number of carbonyl (C=O) groups is 3. The molecule has 18 heteroatoms. The number of phosphoric acid groups is 2. The Morgan fingerprint density at radius 1 is 0.231 bits per heavy atom. The first-order chi connectivity index (χ1) is 59.2. The van der Waals surface area contributed by atoms with Crippen LogP contribution in [0.2, 0.25) is 0 Å². The zero-order valence-corrected chi connectivity index (χ0v) is 77.4. The van der Waals surface area contributed by atoms with Crippen molar-refractivity contribution in [3.8, 4) is 0 Å². The molecule has 121 heavy (non-hydrogen) atoms. The Hall–Kier alpha value is -6.13. The second kappa shape index (κ2) is 93.0. The molecule has 0 radical (unpaired) electrons. The van der Waals surface area contributed by atoms with Crippen molar-refractivity contribution in [2.75, 3.05) is 39.6 Å². The number of carbonyl (C=O) groups excluding carboxylic acids is 3. The first kappa shape index (κ1) is 115. The van der Waals surface area contributed by atoms with E-state index in [4.69, 9.17) is 32.3 Å². The highest BCUT2D eigenvalue weighted by Gasteiger charge is 2.29. The van der Waals surface area contributed by atoms with Crippen molar-refractivity contribution in [2.24, 2.45) is 0 Å². The van der Waals surface area contributed by atoms with E-state index in [9.17, 15) is 43.5 Å². The molecule has 686 valence electrons. The van der Waals surface area contributed by atoms with Gasteiger partial charge in [-0.3, -0.25) is 32.5 Å². The number of allylic oxidation sites excluding steroid dienone is 36. The second-order valence-electron chi connectivity index (χ2n) is 30.7. The summed E-state index contributed by atoms with van der Waals surface area (Å²) in [5, 5.41) is 20.7. The molecule has 0 saturated carbocycles. The highest BCUT2D eigenvalue weighted by Crippen LogP contribution is 2.45. The van der Waals surface area contributed by atoms with Crippen LogP contribution in [-0.2, 0) is 55.8 Å². The Labute approximate surface area is 736 Å². The molecule has 0 aromatic rings. The van der Waals surface area contributed by atoms with Crippen molar-refractivity contribution >= 4 is 33.6 Å². The van der Waals surface area contributed by atoms with Crippen molar-refractivity contribution in [3.63, 3.8) is 0 Å². The average Bonchev–Trinajstić information content (AvgIpc) is 0.889. The van der Waals surface area contributed by atoms with Gasteiger partial charge in [0.05, 0.1) is 26.4 Å². The smallest absolute Gasteiger partial charge is 0.463 e. The van der Waals surface area contributed by atoms with Crippen LogP contribution in [0.3, 0.4) is 0 Å². The number of hydrogen-bond donors (Lipinski definition) is 4. The van der Waals surface area contributed by atoms with E-state index in [-0.39, 0.29) is 19.3 Å². The fourth-order valence-corrected chi connectivity index (χ4v) is 13.8. The summed E-state index contributed by atoms with van der Waals surface area (Å²) in [6.07, 6.45) is 127. The van der Waals surface area contributed by atoms with E-state index in [0.717, 1.165) is 180 Å². The fourth-order valence-electron chi connectivity index (χ4n) is 12.2. The SMILES string of the molecule is CC/C=C\C/C=C\C/C=C\C/C=C\C/C=C\C/C=C\CCCCCCCCCCCCCCCCC(=O)OCC(O)COP(=O)(O)OCC(O)COP(=O)(O)OCC(COC(=O)CCCCCCCCCCCCCC/C=C\C/C=C\C/C=C\C/C=C\C/C=C\C/C=C\CC)OC(=O)CCCC/C=C\C/C=C\C/C=C\C/C=C\C/C=C\C/C=C\CC. The molecule has 5 unspecified atom stereocenters. The molecule has 5 atom stereocenters. The third-order valence-electron chi connectivity index (χ3n) is 19.2. The molecule has 0 aliphatic heterocycles. The van der Waals surface area contributed by atoms with E-state index in [1.807, 2.05) is 0 Å². The van der Waals surface area contributed by atoms with Gasteiger partial charge >= 0.3 is 33.6 Å². The van der Waals surface area contributed by atoms with Gasteiger partial charge in [-0.15, -0.1) is 0 Å².